The van der Waals surface area contributed by atoms with E-state index in [1.165, 1.54) is 12.1 Å². The van der Waals surface area contributed by atoms with Crippen molar-refractivity contribution >= 4 is 23.2 Å². The van der Waals surface area contributed by atoms with Crippen molar-refractivity contribution in [2.24, 2.45) is 5.10 Å². The molecule has 1 aliphatic heterocycles. The number of hydrogen-bond donors (Lipinski definition) is 2. The maximum Gasteiger partial charge on any atom is 0.271 e. The smallest absolute Gasteiger partial charge is 0.271 e. The van der Waals surface area contributed by atoms with Crippen molar-refractivity contribution < 1.29 is 18.7 Å². The number of carbonyl (C=O) groups is 2. The van der Waals surface area contributed by atoms with Gasteiger partial charge in [-0.2, -0.15) is 5.10 Å². The van der Waals surface area contributed by atoms with Gasteiger partial charge in [0.05, 0.1) is 6.10 Å². The molecule has 0 saturated heterocycles. The molecule has 0 bridgehead atoms. The van der Waals surface area contributed by atoms with E-state index in [1.54, 1.807) is 19.9 Å². The average molecular weight is 293 g/mol. The van der Waals surface area contributed by atoms with Crippen LogP contribution < -0.4 is 15.5 Å². The van der Waals surface area contributed by atoms with Gasteiger partial charge in [0.2, 0.25) is 5.91 Å². The van der Waals surface area contributed by atoms with Crippen molar-refractivity contribution in [2.45, 2.75) is 32.8 Å². The Morgan fingerprint density at radius 3 is 2.76 bits per heavy atom. The Morgan fingerprint density at radius 1 is 1.43 bits per heavy atom. The number of hydrazone groups is 1. The highest BCUT2D eigenvalue weighted by Crippen LogP contribution is 2.22. The summed E-state index contributed by atoms with van der Waals surface area (Å²) in [7, 11) is 0. The van der Waals surface area contributed by atoms with Crippen LogP contribution in [-0.2, 0) is 9.59 Å². The van der Waals surface area contributed by atoms with Crippen molar-refractivity contribution in [2.75, 3.05) is 5.32 Å². The van der Waals surface area contributed by atoms with Gasteiger partial charge in [0, 0.05) is 24.6 Å². The Balaban J connectivity index is 2.04. The van der Waals surface area contributed by atoms with Gasteiger partial charge < -0.3 is 10.1 Å². The average Bonchev–Trinajstić information content (AvgIpc) is 2.42. The molecule has 0 aromatic heterocycles. The third-order valence-corrected chi connectivity index (χ3v) is 2.72. The zero-order chi connectivity index (χ0) is 15.4. The van der Waals surface area contributed by atoms with Crippen LogP contribution in [0.15, 0.2) is 23.3 Å². The molecule has 0 fully saturated rings. The maximum absolute atomic E-state index is 13.8. The first-order chi connectivity index (χ1) is 9.95. The molecule has 0 radical (unpaired) electrons. The molecule has 1 aromatic rings. The van der Waals surface area contributed by atoms with Crippen molar-refractivity contribution in [3.63, 3.8) is 0 Å². The number of rotatable bonds is 4. The molecule has 6 nitrogen and oxygen atoms in total. The zero-order valence-corrected chi connectivity index (χ0v) is 11.8. The van der Waals surface area contributed by atoms with Crippen LogP contribution in [-0.4, -0.2) is 23.6 Å². The summed E-state index contributed by atoms with van der Waals surface area (Å²) < 4.78 is 19.1. The standard InChI is InChI=1S/C14H16FN3O3/c1-8(2)21-12-5-3-9(7-10(12)15)16-14(20)11-4-6-13(19)18-17-11/h3,5,7-8H,4,6H2,1-2H3,(H,16,20)(H,18,19). The molecular weight excluding hydrogens is 277 g/mol. The number of nitrogens with one attached hydrogen (secondary N) is 2. The van der Waals surface area contributed by atoms with Crippen LogP contribution in [0.1, 0.15) is 26.7 Å². The zero-order valence-electron chi connectivity index (χ0n) is 11.8. The molecule has 1 heterocycles. The number of hydrogen-bond acceptors (Lipinski definition) is 4. The summed E-state index contributed by atoms with van der Waals surface area (Å²) in [6.07, 6.45) is 0.330. The van der Waals surface area contributed by atoms with Gasteiger partial charge in [0.15, 0.2) is 11.6 Å². The molecule has 0 atom stereocenters. The van der Waals surface area contributed by atoms with Crippen LogP contribution in [0.3, 0.4) is 0 Å². The summed E-state index contributed by atoms with van der Waals surface area (Å²) in [5.74, 6) is -1.12. The topological polar surface area (TPSA) is 79.8 Å². The Labute approximate surface area is 121 Å². The van der Waals surface area contributed by atoms with E-state index in [-0.39, 0.29) is 36.3 Å². The summed E-state index contributed by atoms with van der Waals surface area (Å²) in [5, 5.41) is 6.20. The summed E-state index contributed by atoms with van der Waals surface area (Å²) in [5.41, 5.74) is 2.74. The largest absolute Gasteiger partial charge is 0.488 e. The number of anilines is 1. The molecule has 1 aromatic carbocycles. The van der Waals surface area contributed by atoms with E-state index in [9.17, 15) is 14.0 Å². The number of ether oxygens (including phenoxy) is 1. The number of benzene rings is 1. The van der Waals surface area contributed by atoms with Crippen molar-refractivity contribution in [3.05, 3.63) is 24.0 Å². The second-order valence-electron chi connectivity index (χ2n) is 4.86. The summed E-state index contributed by atoms with van der Waals surface area (Å²) in [6.45, 7) is 3.59. The minimum absolute atomic E-state index is 0.130. The number of halogens is 1. The molecule has 0 spiro atoms. The predicted octanol–water partition coefficient (Wildman–Crippen LogP) is 1.82. The van der Waals surface area contributed by atoms with Gasteiger partial charge in [0.25, 0.3) is 5.91 Å². The lowest BCUT2D eigenvalue weighted by molar-refractivity contribution is -0.121. The lowest BCUT2D eigenvalue weighted by Crippen LogP contribution is -2.32. The lowest BCUT2D eigenvalue weighted by Gasteiger charge is -2.13. The number of nitrogens with zero attached hydrogens (tertiary/aromatic N) is 1. The van der Waals surface area contributed by atoms with Gasteiger partial charge in [-0.3, -0.25) is 9.59 Å². The van der Waals surface area contributed by atoms with Crippen LogP contribution in [0.2, 0.25) is 0 Å². The van der Waals surface area contributed by atoms with E-state index in [1.807, 2.05) is 0 Å². The maximum atomic E-state index is 13.8. The van der Waals surface area contributed by atoms with E-state index < -0.39 is 11.7 Å². The first-order valence-corrected chi connectivity index (χ1v) is 6.58. The van der Waals surface area contributed by atoms with Crippen LogP contribution in [0.25, 0.3) is 0 Å². The highest BCUT2D eigenvalue weighted by atomic mass is 19.1. The fraction of sp³-hybridized carbons (Fsp3) is 0.357. The summed E-state index contributed by atoms with van der Waals surface area (Å²) in [6, 6.07) is 4.17. The molecule has 0 aliphatic carbocycles. The van der Waals surface area contributed by atoms with E-state index in [2.05, 4.69) is 15.8 Å². The molecule has 7 heteroatoms. The molecule has 1 aliphatic rings. The van der Waals surface area contributed by atoms with Gasteiger partial charge >= 0.3 is 0 Å². The molecular formula is C14H16FN3O3. The number of amides is 2. The Bertz CT molecular complexity index is 599. The first-order valence-electron chi connectivity index (χ1n) is 6.58. The Kier molecular flexibility index (Phi) is 4.52. The van der Waals surface area contributed by atoms with Crippen LogP contribution >= 0.6 is 0 Å². The third kappa shape index (κ3) is 4.01. The Hall–Kier alpha value is -2.44. The summed E-state index contributed by atoms with van der Waals surface area (Å²) >= 11 is 0. The molecule has 2 N–H and O–H groups in total. The highest BCUT2D eigenvalue weighted by Gasteiger charge is 2.18. The van der Waals surface area contributed by atoms with Gasteiger partial charge in [-0.15, -0.1) is 0 Å². The van der Waals surface area contributed by atoms with Gasteiger partial charge in [-0.25, -0.2) is 9.82 Å². The highest BCUT2D eigenvalue weighted by molar-refractivity contribution is 6.43. The van der Waals surface area contributed by atoms with Gasteiger partial charge in [0.1, 0.15) is 5.71 Å². The predicted molar refractivity (Wildman–Crippen MR) is 75.6 cm³/mol. The SMILES string of the molecule is CC(C)Oc1ccc(NC(=O)C2=NNC(=O)CC2)cc1F. The van der Waals surface area contributed by atoms with Crippen LogP contribution in [0.5, 0.6) is 5.75 Å². The molecule has 0 unspecified atom stereocenters. The van der Waals surface area contributed by atoms with Crippen LogP contribution in [0, 0.1) is 5.82 Å². The Morgan fingerprint density at radius 2 is 2.19 bits per heavy atom. The monoisotopic (exact) mass is 293 g/mol. The second-order valence-corrected chi connectivity index (χ2v) is 4.86. The molecule has 0 saturated carbocycles. The minimum atomic E-state index is -0.555. The molecule has 21 heavy (non-hydrogen) atoms. The fourth-order valence-electron chi connectivity index (χ4n) is 1.77. The number of carbonyl (C=O) groups excluding carboxylic acids is 2. The van der Waals surface area contributed by atoms with E-state index >= 15 is 0 Å². The van der Waals surface area contributed by atoms with Crippen molar-refractivity contribution in [1.29, 1.82) is 0 Å². The molecule has 112 valence electrons. The van der Waals surface area contributed by atoms with E-state index in [4.69, 9.17) is 4.74 Å². The van der Waals surface area contributed by atoms with E-state index in [0.717, 1.165) is 0 Å². The third-order valence-electron chi connectivity index (χ3n) is 2.72. The molecule has 2 rings (SSSR count). The first kappa shape index (κ1) is 15.0. The molecule has 2 amide bonds. The van der Waals surface area contributed by atoms with Gasteiger partial charge in [-0.1, -0.05) is 0 Å². The summed E-state index contributed by atoms with van der Waals surface area (Å²) in [4.78, 5) is 22.8. The van der Waals surface area contributed by atoms with Crippen molar-refractivity contribution in [1.82, 2.24) is 5.43 Å². The fourth-order valence-corrected chi connectivity index (χ4v) is 1.77. The van der Waals surface area contributed by atoms with Crippen LogP contribution in [0.4, 0.5) is 10.1 Å². The van der Waals surface area contributed by atoms with Crippen molar-refractivity contribution in [3.8, 4) is 5.75 Å². The normalized spacial score (nSPS) is 14.5. The second kappa shape index (κ2) is 6.34. The van der Waals surface area contributed by atoms with Gasteiger partial charge in [-0.05, 0) is 26.0 Å². The lowest BCUT2D eigenvalue weighted by atomic mass is 10.1. The minimum Gasteiger partial charge on any atom is -0.488 e. The van der Waals surface area contributed by atoms with E-state index in [0.29, 0.717) is 5.69 Å². The quantitative estimate of drug-likeness (QED) is 0.888.